The minimum absolute atomic E-state index is 0.0483. The summed E-state index contributed by atoms with van der Waals surface area (Å²) >= 11 is 0. The van der Waals surface area contributed by atoms with Crippen LogP contribution in [-0.4, -0.2) is 73.4 Å². The molecule has 2 aliphatic heterocycles. The first-order chi connectivity index (χ1) is 15.5. The van der Waals surface area contributed by atoms with Crippen molar-refractivity contribution in [2.24, 2.45) is 40.5 Å². The number of nitrogens with zero attached hydrogens (tertiary/aromatic N) is 3. The van der Waals surface area contributed by atoms with Crippen LogP contribution >= 0.6 is 0 Å². The van der Waals surface area contributed by atoms with Gasteiger partial charge in [0.1, 0.15) is 0 Å². The van der Waals surface area contributed by atoms with Gasteiger partial charge in [-0.25, -0.2) is 0 Å². The van der Waals surface area contributed by atoms with E-state index in [1.54, 1.807) is 0 Å². The number of nitrogens with one attached hydrogen (secondary N) is 2. The number of fused-ring (bicyclic) bond motifs is 5. The van der Waals surface area contributed by atoms with Crippen molar-refractivity contribution in [2.75, 3.05) is 45.8 Å². The van der Waals surface area contributed by atoms with Crippen molar-refractivity contribution in [1.82, 2.24) is 20.4 Å². The van der Waals surface area contributed by atoms with E-state index >= 15 is 0 Å². The smallest absolute Gasteiger partial charge is 0.233 e. The van der Waals surface area contributed by atoms with E-state index in [1.807, 2.05) is 0 Å². The van der Waals surface area contributed by atoms with Gasteiger partial charge in [-0.05, 0) is 62.8 Å². The maximum Gasteiger partial charge on any atom is 0.233 e. The van der Waals surface area contributed by atoms with Crippen molar-refractivity contribution in [2.45, 2.75) is 46.5 Å². The van der Waals surface area contributed by atoms with Crippen LogP contribution < -0.4 is 10.6 Å². The molecule has 7 nitrogen and oxygen atoms in total. The standard InChI is InChI=1S/C25H41N5O2/c1-4-26-25(27-9-5-11-29-15-17(2)13-18(3)16-29)28-10-6-12-30-23(31)21-19-7-8-20(14-19)22(21)24(30)32/h7-8,17-22H,4-6,9-16H2,1-3H3,(H2,26,27,28). The average molecular weight is 444 g/mol. The number of amides is 2. The molecule has 7 heteroatoms. The van der Waals surface area contributed by atoms with E-state index in [1.165, 1.54) is 24.4 Å². The van der Waals surface area contributed by atoms with Crippen LogP contribution in [0.1, 0.15) is 46.5 Å². The second kappa shape index (κ2) is 10.4. The van der Waals surface area contributed by atoms with Crippen LogP contribution in [0.5, 0.6) is 0 Å². The lowest BCUT2D eigenvalue weighted by Gasteiger charge is -2.35. The molecule has 0 aromatic rings. The molecule has 0 radical (unpaired) electrons. The summed E-state index contributed by atoms with van der Waals surface area (Å²) in [6, 6.07) is 0. The second-order valence-corrected chi connectivity index (χ2v) is 10.4. The van der Waals surface area contributed by atoms with E-state index in [9.17, 15) is 9.59 Å². The van der Waals surface area contributed by atoms with Gasteiger partial charge >= 0.3 is 0 Å². The molecule has 2 amide bonds. The van der Waals surface area contributed by atoms with Crippen LogP contribution in [0, 0.1) is 35.5 Å². The van der Waals surface area contributed by atoms with Gasteiger partial charge in [-0.15, -0.1) is 0 Å². The number of piperidine rings is 1. The first kappa shape index (κ1) is 23.3. The molecule has 32 heavy (non-hydrogen) atoms. The maximum absolute atomic E-state index is 12.8. The molecule has 2 N–H and O–H groups in total. The Balaban J connectivity index is 1.17. The lowest BCUT2D eigenvalue weighted by molar-refractivity contribution is -0.140. The second-order valence-electron chi connectivity index (χ2n) is 10.4. The molecule has 2 bridgehead atoms. The molecule has 0 spiro atoms. The number of hydrogen-bond acceptors (Lipinski definition) is 4. The van der Waals surface area contributed by atoms with Crippen molar-refractivity contribution in [3.8, 4) is 0 Å². The van der Waals surface area contributed by atoms with Gasteiger partial charge in [0.25, 0.3) is 0 Å². The zero-order valence-corrected chi connectivity index (χ0v) is 20.1. The third kappa shape index (κ3) is 5.03. The summed E-state index contributed by atoms with van der Waals surface area (Å²) in [4.78, 5) is 34.3. The number of allylic oxidation sites excluding steroid dienone is 2. The molecule has 6 atom stereocenters. The topological polar surface area (TPSA) is 77.0 Å². The normalized spacial score (nSPS) is 34.5. The molecule has 2 heterocycles. The first-order valence-electron chi connectivity index (χ1n) is 12.8. The number of hydrogen-bond donors (Lipinski definition) is 2. The lowest BCUT2D eigenvalue weighted by atomic mass is 9.85. The number of aliphatic imine (C=N–C) groups is 1. The zero-order chi connectivity index (χ0) is 22.7. The Labute approximate surface area is 193 Å². The molecular weight excluding hydrogens is 402 g/mol. The van der Waals surface area contributed by atoms with Crippen LogP contribution in [-0.2, 0) is 9.59 Å². The minimum Gasteiger partial charge on any atom is -0.357 e. The third-order valence-corrected chi connectivity index (χ3v) is 7.60. The summed E-state index contributed by atoms with van der Waals surface area (Å²) in [5, 5.41) is 6.74. The Morgan fingerprint density at radius 1 is 0.969 bits per heavy atom. The van der Waals surface area contributed by atoms with Crippen LogP contribution in [0.2, 0.25) is 0 Å². The highest BCUT2D eigenvalue weighted by Gasteiger charge is 2.58. The number of rotatable bonds is 9. The number of imide groups is 1. The summed E-state index contributed by atoms with van der Waals surface area (Å²) in [7, 11) is 0. The van der Waals surface area contributed by atoms with Gasteiger partial charge in [-0.3, -0.25) is 19.5 Å². The fourth-order valence-electron chi connectivity index (χ4n) is 6.43. The summed E-state index contributed by atoms with van der Waals surface area (Å²) in [6.07, 6.45) is 8.43. The predicted octanol–water partition coefficient (Wildman–Crippen LogP) is 2.11. The quantitative estimate of drug-likeness (QED) is 0.188. The minimum atomic E-state index is -0.0918. The van der Waals surface area contributed by atoms with Crippen LogP contribution in [0.15, 0.2) is 17.1 Å². The van der Waals surface area contributed by atoms with E-state index in [-0.39, 0.29) is 35.5 Å². The van der Waals surface area contributed by atoms with E-state index in [0.717, 1.165) is 50.3 Å². The lowest BCUT2D eigenvalue weighted by Crippen LogP contribution is -2.41. The Morgan fingerprint density at radius 3 is 2.25 bits per heavy atom. The molecule has 1 saturated carbocycles. The van der Waals surface area contributed by atoms with E-state index < -0.39 is 0 Å². The molecule has 2 aliphatic carbocycles. The first-order valence-corrected chi connectivity index (χ1v) is 12.8. The van der Waals surface area contributed by atoms with Gasteiger partial charge in [0.05, 0.1) is 11.8 Å². The van der Waals surface area contributed by atoms with Crippen molar-refractivity contribution in [1.29, 1.82) is 0 Å². The van der Waals surface area contributed by atoms with Gasteiger partial charge in [-0.2, -0.15) is 0 Å². The molecule has 178 valence electrons. The highest BCUT2D eigenvalue weighted by atomic mass is 16.2. The van der Waals surface area contributed by atoms with Crippen molar-refractivity contribution >= 4 is 17.8 Å². The summed E-state index contributed by atoms with van der Waals surface area (Å²) in [5.74, 6) is 2.90. The monoisotopic (exact) mass is 443 g/mol. The number of carbonyl (C=O) groups is 2. The van der Waals surface area contributed by atoms with Crippen LogP contribution in [0.25, 0.3) is 0 Å². The zero-order valence-electron chi connectivity index (χ0n) is 20.1. The Bertz CT molecular complexity index is 711. The molecule has 2 saturated heterocycles. The molecule has 3 fully saturated rings. The number of carbonyl (C=O) groups excluding carboxylic acids is 2. The number of likely N-dealkylation sites (tertiary alicyclic amines) is 2. The SMILES string of the molecule is CCNC(=NCCCN1C(=O)C2C3C=CC(C3)C2C1=O)NCCCN1CC(C)CC(C)C1. The third-order valence-electron chi connectivity index (χ3n) is 7.60. The van der Waals surface area contributed by atoms with Gasteiger partial charge in [-0.1, -0.05) is 26.0 Å². The van der Waals surface area contributed by atoms with Crippen LogP contribution in [0.3, 0.4) is 0 Å². The van der Waals surface area contributed by atoms with Gasteiger partial charge < -0.3 is 15.5 Å². The fourth-order valence-corrected chi connectivity index (χ4v) is 6.43. The van der Waals surface area contributed by atoms with E-state index in [0.29, 0.717) is 19.5 Å². The summed E-state index contributed by atoms with van der Waals surface area (Å²) in [5.41, 5.74) is 0. The largest absolute Gasteiger partial charge is 0.357 e. The predicted molar refractivity (Wildman–Crippen MR) is 127 cm³/mol. The van der Waals surface area contributed by atoms with Crippen molar-refractivity contribution in [3.63, 3.8) is 0 Å². The van der Waals surface area contributed by atoms with Crippen molar-refractivity contribution in [3.05, 3.63) is 12.2 Å². The van der Waals surface area contributed by atoms with Gasteiger partial charge in [0.15, 0.2) is 5.96 Å². The highest BCUT2D eigenvalue weighted by Crippen LogP contribution is 2.52. The van der Waals surface area contributed by atoms with Crippen LogP contribution in [0.4, 0.5) is 0 Å². The Kier molecular flexibility index (Phi) is 7.54. The number of guanidine groups is 1. The Morgan fingerprint density at radius 2 is 1.62 bits per heavy atom. The molecular formula is C25H41N5O2. The van der Waals surface area contributed by atoms with E-state index in [2.05, 4.69) is 53.4 Å². The molecule has 0 aromatic heterocycles. The Hall–Kier alpha value is -1.89. The van der Waals surface area contributed by atoms with Gasteiger partial charge in [0, 0.05) is 39.3 Å². The summed E-state index contributed by atoms with van der Waals surface area (Å²) in [6.45, 7) is 13.1. The molecule has 4 aliphatic rings. The molecule has 6 unspecified atom stereocenters. The molecule has 4 rings (SSSR count). The highest BCUT2D eigenvalue weighted by molar-refractivity contribution is 6.06. The van der Waals surface area contributed by atoms with Gasteiger partial charge in [0.2, 0.25) is 11.8 Å². The van der Waals surface area contributed by atoms with E-state index in [4.69, 9.17) is 0 Å². The fraction of sp³-hybridized carbons (Fsp3) is 0.800. The summed E-state index contributed by atoms with van der Waals surface area (Å²) < 4.78 is 0. The average Bonchev–Trinajstić information content (AvgIpc) is 3.42. The maximum atomic E-state index is 12.8. The molecule has 0 aromatic carbocycles. The van der Waals surface area contributed by atoms with Crippen molar-refractivity contribution < 1.29 is 9.59 Å².